The number of fused-ring (bicyclic) bond motifs is 1. The second kappa shape index (κ2) is 5.61. The third-order valence-electron chi connectivity index (χ3n) is 3.88. The van der Waals surface area contributed by atoms with Crippen molar-refractivity contribution in [1.82, 2.24) is 10.4 Å². The number of nitrogens with one attached hydrogen (secondary N) is 1. The van der Waals surface area contributed by atoms with Crippen molar-refractivity contribution < 1.29 is 4.74 Å². The SMILES string of the molecule is CCOc1cncc(C(NN)C2Cc3ccccc32)c1. The number of hydrogen-bond donors (Lipinski definition) is 2. The summed E-state index contributed by atoms with van der Waals surface area (Å²) in [7, 11) is 0. The predicted octanol–water partition coefficient (Wildman–Crippen LogP) is 2.32. The molecule has 0 aliphatic heterocycles. The fourth-order valence-electron chi connectivity index (χ4n) is 2.89. The maximum atomic E-state index is 5.78. The summed E-state index contributed by atoms with van der Waals surface area (Å²) in [5.74, 6) is 6.97. The molecular formula is C16H19N3O. The van der Waals surface area contributed by atoms with Crippen molar-refractivity contribution in [1.29, 1.82) is 0 Å². The minimum Gasteiger partial charge on any atom is -0.492 e. The van der Waals surface area contributed by atoms with Crippen molar-refractivity contribution in [3.05, 3.63) is 59.4 Å². The van der Waals surface area contributed by atoms with E-state index in [1.807, 2.05) is 19.2 Å². The molecule has 2 aromatic rings. The topological polar surface area (TPSA) is 60.2 Å². The fraction of sp³-hybridized carbons (Fsp3) is 0.312. The van der Waals surface area contributed by atoms with Gasteiger partial charge < -0.3 is 4.74 Å². The molecule has 1 aliphatic rings. The smallest absolute Gasteiger partial charge is 0.137 e. The zero-order chi connectivity index (χ0) is 13.9. The number of rotatable bonds is 5. The summed E-state index contributed by atoms with van der Waals surface area (Å²) in [4.78, 5) is 4.25. The minimum atomic E-state index is 0.0674. The van der Waals surface area contributed by atoms with Crippen LogP contribution in [0.15, 0.2) is 42.7 Å². The molecule has 2 unspecified atom stereocenters. The molecule has 0 saturated heterocycles. The van der Waals surface area contributed by atoms with Crippen LogP contribution >= 0.6 is 0 Å². The van der Waals surface area contributed by atoms with Crippen molar-refractivity contribution >= 4 is 0 Å². The quantitative estimate of drug-likeness (QED) is 0.646. The van der Waals surface area contributed by atoms with E-state index in [1.54, 1.807) is 6.20 Å². The lowest BCUT2D eigenvalue weighted by molar-refractivity contribution is 0.336. The van der Waals surface area contributed by atoms with Gasteiger partial charge in [0.2, 0.25) is 0 Å². The molecule has 1 heterocycles. The van der Waals surface area contributed by atoms with E-state index in [4.69, 9.17) is 10.6 Å². The van der Waals surface area contributed by atoms with Crippen molar-refractivity contribution in [2.45, 2.75) is 25.3 Å². The summed E-state index contributed by atoms with van der Waals surface area (Å²) < 4.78 is 5.51. The van der Waals surface area contributed by atoms with Gasteiger partial charge in [-0.2, -0.15) is 0 Å². The molecule has 1 aromatic carbocycles. The zero-order valence-corrected chi connectivity index (χ0v) is 11.5. The summed E-state index contributed by atoms with van der Waals surface area (Å²) in [5.41, 5.74) is 6.78. The normalized spacial score (nSPS) is 18.0. The lowest BCUT2D eigenvalue weighted by Gasteiger charge is -2.36. The molecular weight excluding hydrogens is 250 g/mol. The number of hydrazine groups is 1. The van der Waals surface area contributed by atoms with E-state index in [1.165, 1.54) is 11.1 Å². The number of nitrogens with two attached hydrogens (primary N) is 1. The summed E-state index contributed by atoms with van der Waals surface area (Å²) >= 11 is 0. The van der Waals surface area contributed by atoms with E-state index in [0.29, 0.717) is 12.5 Å². The van der Waals surface area contributed by atoms with Crippen molar-refractivity contribution in [3.8, 4) is 5.75 Å². The maximum Gasteiger partial charge on any atom is 0.137 e. The van der Waals surface area contributed by atoms with Crippen molar-refractivity contribution in [2.24, 2.45) is 5.84 Å². The van der Waals surface area contributed by atoms with Gasteiger partial charge in [0.1, 0.15) is 5.75 Å². The molecule has 0 saturated carbocycles. The lowest BCUT2D eigenvalue weighted by atomic mass is 9.72. The van der Waals surface area contributed by atoms with Crippen LogP contribution in [0.25, 0.3) is 0 Å². The number of nitrogens with zero attached hydrogens (tertiary/aromatic N) is 1. The van der Waals surface area contributed by atoms with Crippen LogP contribution in [0.1, 0.15) is 35.6 Å². The second-order valence-corrected chi connectivity index (χ2v) is 5.04. The monoisotopic (exact) mass is 269 g/mol. The van der Waals surface area contributed by atoms with Gasteiger partial charge in [-0.15, -0.1) is 0 Å². The van der Waals surface area contributed by atoms with E-state index in [0.717, 1.165) is 17.7 Å². The van der Waals surface area contributed by atoms with Gasteiger partial charge in [-0.3, -0.25) is 16.3 Å². The molecule has 0 fully saturated rings. The number of hydrogen-bond acceptors (Lipinski definition) is 4. The molecule has 20 heavy (non-hydrogen) atoms. The molecule has 4 nitrogen and oxygen atoms in total. The molecule has 0 bridgehead atoms. The van der Waals surface area contributed by atoms with Gasteiger partial charge in [-0.05, 0) is 36.1 Å². The molecule has 1 aromatic heterocycles. The first-order chi connectivity index (χ1) is 9.83. The Morgan fingerprint density at radius 3 is 3.00 bits per heavy atom. The highest BCUT2D eigenvalue weighted by molar-refractivity contribution is 5.43. The predicted molar refractivity (Wildman–Crippen MR) is 78.4 cm³/mol. The molecule has 0 radical (unpaired) electrons. The van der Waals surface area contributed by atoms with Crippen LogP contribution in [0.2, 0.25) is 0 Å². The highest BCUT2D eigenvalue weighted by Gasteiger charge is 2.33. The first-order valence-electron chi connectivity index (χ1n) is 6.95. The molecule has 104 valence electrons. The Kier molecular flexibility index (Phi) is 3.67. The van der Waals surface area contributed by atoms with Crippen LogP contribution in [0, 0.1) is 0 Å². The molecule has 0 amide bonds. The Hall–Kier alpha value is -1.91. The average molecular weight is 269 g/mol. The Labute approximate surface area is 119 Å². The molecule has 3 N–H and O–H groups in total. The van der Waals surface area contributed by atoms with Crippen LogP contribution in [0.4, 0.5) is 0 Å². The van der Waals surface area contributed by atoms with Crippen LogP contribution in [-0.2, 0) is 6.42 Å². The van der Waals surface area contributed by atoms with Gasteiger partial charge in [0.05, 0.1) is 18.8 Å². The first kappa shape index (κ1) is 13.1. The first-order valence-corrected chi connectivity index (χ1v) is 6.95. The van der Waals surface area contributed by atoms with Crippen molar-refractivity contribution in [3.63, 3.8) is 0 Å². The molecule has 0 spiro atoms. The maximum absolute atomic E-state index is 5.78. The van der Waals surface area contributed by atoms with Crippen LogP contribution < -0.4 is 16.0 Å². The number of benzene rings is 1. The Balaban J connectivity index is 1.86. The molecule has 3 rings (SSSR count). The molecule has 4 heteroatoms. The van der Waals surface area contributed by atoms with Gasteiger partial charge in [0, 0.05) is 12.1 Å². The third kappa shape index (κ3) is 2.28. The number of pyridine rings is 1. The lowest BCUT2D eigenvalue weighted by Crippen LogP contribution is -2.37. The Morgan fingerprint density at radius 1 is 1.40 bits per heavy atom. The highest BCUT2D eigenvalue weighted by Crippen LogP contribution is 2.43. The largest absolute Gasteiger partial charge is 0.492 e. The van der Waals surface area contributed by atoms with Gasteiger partial charge in [-0.25, -0.2) is 0 Å². The van der Waals surface area contributed by atoms with Crippen molar-refractivity contribution in [2.75, 3.05) is 6.61 Å². The van der Waals surface area contributed by atoms with Gasteiger partial charge >= 0.3 is 0 Å². The van der Waals surface area contributed by atoms with E-state index in [-0.39, 0.29) is 6.04 Å². The van der Waals surface area contributed by atoms with Crippen LogP contribution in [-0.4, -0.2) is 11.6 Å². The summed E-state index contributed by atoms with van der Waals surface area (Å²) in [6, 6.07) is 10.6. The van der Waals surface area contributed by atoms with Gasteiger partial charge in [0.25, 0.3) is 0 Å². The summed E-state index contributed by atoms with van der Waals surface area (Å²) in [6.45, 7) is 2.60. The van der Waals surface area contributed by atoms with Crippen LogP contribution in [0.3, 0.4) is 0 Å². The fourth-order valence-corrected chi connectivity index (χ4v) is 2.89. The van der Waals surface area contributed by atoms with E-state index >= 15 is 0 Å². The number of ether oxygens (including phenoxy) is 1. The molecule has 1 aliphatic carbocycles. The minimum absolute atomic E-state index is 0.0674. The second-order valence-electron chi connectivity index (χ2n) is 5.04. The number of aromatic nitrogens is 1. The Morgan fingerprint density at radius 2 is 2.25 bits per heavy atom. The Bertz CT molecular complexity index is 600. The molecule has 2 atom stereocenters. The van der Waals surface area contributed by atoms with Crippen LogP contribution in [0.5, 0.6) is 5.75 Å². The van der Waals surface area contributed by atoms with E-state index in [2.05, 4.69) is 34.7 Å². The van der Waals surface area contributed by atoms with Gasteiger partial charge in [-0.1, -0.05) is 24.3 Å². The van der Waals surface area contributed by atoms with Gasteiger partial charge in [0.15, 0.2) is 0 Å². The zero-order valence-electron chi connectivity index (χ0n) is 11.5. The summed E-state index contributed by atoms with van der Waals surface area (Å²) in [5, 5.41) is 0. The highest BCUT2D eigenvalue weighted by atomic mass is 16.5. The van der Waals surface area contributed by atoms with E-state index < -0.39 is 0 Å². The third-order valence-corrected chi connectivity index (χ3v) is 3.88. The average Bonchev–Trinajstić information content (AvgIpc) is 2.45. The summed E-state index contributed by atoms with van der Waals surface area (Å²) in [6.07, 6.45) is 4.63. The standard InChI is InChI=1S/C16H19N3O/c1-2-20-13-7-12(9-18-10-13)16(19-17)15-8-11-5-3-4-6-14(11)15/h3-7,9-10,15-16,19H,2,8,17H2,1H3. The van der Waals surface area contributed by atoms with E-state index in [9.17, 15) is 0 Å².